The Hall–Kier alpha value is -3.59. The molecule has 40 heavy (non-hydrogen) atoms. The number of amides is 1. The minimum atomic E-state index is -3.94. The summed E-state index contributed by atoms with van der Waals surface area (Å²) in [5, 5.41) is 1.00. The van der Waals surface area contributed by atoms with E-state index in [0.29, 0.717) is 33.5 Å². The first kappa shape index (κ1) is 28.0. The maximum atomic E-state index is 12.5. The van der Waals surface area contributed by atoms with Crippen molar-refractivity contribution in [1.29, 1.82) is 0 Å². The maximum Gasteiger partial charge on any atom is 0.326 e. The normalized spacial score (nSPS) is 14.7. The molecule has 5 rings (SSSR count). The van der Waals surface area contributed by atoms with Crippen LogP contribution in [-0.2, 0) is 21.4 Å². The van der Waals surface area contributed by atoms with E-state index in [-0.39, 0.29) is 6.54 Å². The smallest absolute Gasteiger partial charge is 0.303 e. The number of anilines is 1. The lowest BCUT2D eigenvalue weighted by Crippen LogP contribution is -2.29. The zero-order valence-electron chi connectivity index (χ0n) is 21.8. The van der Waals surface area contributed by atoms with Gasteiger partial charge < -0.3 is 4.57 Å². The van der Waals surface area contributed by atoms with Crippen molar-refractivity contribution in [3.05, 3.63) is 106 Å². The van der Waals surface area contributed by atoms with Gasteiger partial charge in [-0.3, -0.25) is 4.79 Å². The Morgan fingerprint density at radius 3 is 2.50 bits per heavy atom. The van der Waals surface area contributed by atoms with E-state index in [0.717, 1.165) is 33.2 Å². The fourth-order valence-corrected chi connectivity index (χ4v) is 6.19. The molecule has 1 amide bonds. The summed E-state index contributed by atoms with van der Waals surface area (Å²) >= 11 is 12.6. The maximum absolute atomic E-state index is 12.5. The van der Waals surface area contributed by atoms with Crippen molar-refractivity contribution in [3.63, 3.8) is 0 Å². The molecular weight excluding hydrogens is 567 g/mol. The third-order valence-electron chi connectivity index (χ3n) is 6.58. The van der Waals surface area contributed by atoms with Crippen molar-refractivity contribution in [2.24, 2.45) is 0 Å². The van der Waals surface area contributed by atoms with Crippen LogP contribution in [0.2, 0.25) is 10.0 Å². The summed E-state index contributed by atoms with van der Waals surface area (Å²) in [4.78, 5) is 16.7. The van der Waals surface area contributed by atoms with Gasteiger partial charge in [-0.2, -0.15) is 8.42 Å². The lowest BCUT2D eigenvalue weighted by molar-refractivity contribution is -0.117. The fourth-order valence-electron chi connectivity index (χ4n) is 4.54. The van der Waals surface area contributed by atoms with Crippen LogP contribution in [0.25, 0.3) is 23.0 Å². The minimum absolute atomic E-state index is 0.270. The standard InChI is InChI=1S/C30H28Cl2N4O3S/c1-2-3-4-5-7-21-10-12-22(13-11-21)16-29-33-28(26-15-14-23(31)17-27(26)32)19-35(29)24-8-6-9-25(18-24)36-20-30(37)34-40(36,38)39/h5-15,17-19H,2-4,16,20H2,1H3,(H,34,37). The monoisotopic (exact) mass is 594 g/mol. The molecule has 4 aromatic rings. The van der Waals surface area contributed by atoms with E-state index in [1.165, 1.54) is 12.8 Å². The second kappa shape index (κ2) is 11.9. The summed E-state index contributed by atoms with van der Waals surface area (Å²) in [7, 11) is -3.94. The number of benzene rings is 3. The number of allylic oxidation sites excluding steroid dienone is 1. The van der Waals surface area contributed by atoms with Crippen molar-refractivity contribution in [1.82, 2.24) is 14.3 Å². The first-order valence-electron chi connectivity index (χ1n) is 13.0. The van der Waals surface area contributed by atoms with Gasteiger partial charge in [0, 0.05) is 28.9 Å². The molecule has 0 bridgehead atoms. The number of hydrogen-bond donors (Lipinski definition) is 1. The van der Waals surface area contributed by atoms with Gasteiger partial charge in [-0.25, -0.2) is 14.0 Å². The van der Waals surface area contributed by atoms with E-state index in [2.05, 4.69) is 43.3 Å². The molecule has 0 radical (unpaired) electrons. The number of hydrogen-bond acceptors (Lipinski definition) is 4. The number of carbonyl (C=O) groups excluding carboxylic acids is 1. The Labute approximate surface area is 244 Å². The number of carbonyl (C=O) groups is 1. The van der Waals surface area contributed by atoms with Crippen molar-refractivity contribution >= 4 is 51.1 Å². The Morgan fingerprint density at radius 2 is 1.80 bits per heavy atom. The largest absolute Gasteiger partial charge is 0.326 e. The average molecular weight is 596 g/mol. The first-order chi connectivity index (χ1) is 19.2. The van der Waals surface area contributed by atoms with Crippen LogP contribution < -0.4 is 9.03 Å². The topological polar surface area (TPSA) is 84.3 Å². The third-order valence-corrected chi connectivity index (χ3v) is 8.53. The van der Waals surface area contributed by atoms with Crippen LogP contribution in [0.15, 0.2) is 79.0 Å². The van der Waals surface area contributed by atoms with Crippen LogP contribution in [0.3, 0.4) is 0 Å². The lowest BCUT2D eigenvalue weighted by Gasteiger charge is -2.16. The predicted molar refractivity (Wildman–Crippen MR) is 161 cm³/mol. The van der Waals surface area contributed by atoms with Crippen LogP contribution in [0.1, 0.15) is 43.1 Å². The van der Waals surface area contributed by atoms with Gasteiger partial charge in [0.05, 0.1) is 16.4 Å². The molecule has 10 heteroatoms. The molecule has 0 unspecified atom stereocenters. The van der Waals surface area contributed by atoms with Gasteiger partial charge >= 0.3 is 10.2 Å². The van der Waals surface area contributed by atoms with Crippen LogP contribution in [-0.4, -0.2) is 30.4 Å². The van der Waals surface area contributed by atoms with E-state index in [1.54, 1.807) is 30.3 Å². The quantitative estimate of drug-likeness (QED) is 0.215. The van der Waals surface area contributed by atoms with Crippen LogP contribution in [0.4, 0.5) is 5.69 Å². The Kier molecular flexibility index (Phi) is 8.30. The molecule has 0 atom stereocenters. The molecular formula is C30H28Cl2N4O3S. The number of rotatable bonds is 9. The summed E-state index contributed by atoms with van der Waals surface area (Å²) in [6, 6.07) is 20.6. The van der Waals surface area contributed by atoms with Gasteiger partial charge in [-0.15, -0.1) is 0 Å². The van der Waals surface area contributed by atoms with Gasteiger partial charge in [0.2, 0.25) is 0 Å². The fraction of sp³-hybridized carbons (Fsp3) is 0.200. The number of unbranched alkanes of at least 4 members (excludes halogenated alkanes) is 2. The molecule has 7 nitrogen and oxygen atoms in total. The second-order valence-corrected chi connectivity index (χ2v) is 12.0. The van der Waals surface area contributed by atoms with Gasteiger partial charge in [-0.05, 0) is 53.9 Å². The predicted octanol–water partition coefficient (Wildman–Crippen LogP) is 6.82. The summed E-state index contributed by atoms with van der Waals surface area (Å²) in [5.74, 6) is 0.167. The van der Waals surface area contributed by atoms with Crippen molar-refractivity contribution in [3.8, 4) is 16.9 Å². The van der Waals surface area contributed by atoms with Crippen LogP contribution in [0, 0.1) is 0 Å². The number of nitrogens with zero attached hydrogens (tertiary/aromatic N) is 3. The molecule has 1 fully saturated rings. The second-order valence-electron chi connectivity index (χ2n) is 9.56. The molecule has 0 saturated carbocycles. The highest BCUT2D eigenvalue weighted by Gasteiger charge is 2.34. The summed E-state index contributed by atoms with van der Waals surface area (Å²) in [5.41, 5.74) is 4.66. The van der Waals surface area contributed by atoms with E-state index < -0.39 is 16.1 Å². The van der Waals surface area contributed by atoms with Crippen LogP contribution in [0.5, 0.6) is 0 Å². The minimum Gasteiger partial charge on any atom is -0.303 e. The third kappa shape index (κ3) is 6.25. The molecule has 2 heterocycles. The van der Waals surface area contributed by atoms with Gasteiger partial charge in [0.15, 0.2) is 0 Å². The molecule has 1 aromatic heterocycles. The number of aromatic nitrogens is 2. The van der Waals surface area contributed by atoms with Crippen molar-refractivity contribution in [2.45, 2.75) is 32.6 Å². The molecule has 1 N–H and O–H groups in total. The molecule has 0 spiro atoms. The summed E-state index contributed by atoms with van der Waals surface area (Å²) in [6.45, 7) is 1.91. The Morgan fingerprint density at radius 1 is 1.02 bits per heavy atom. The molecule has 1 aliphatic heterocycles. The number of nitrogens with one attached hydrogen (secondary N) is 1. The highest BCUT2D eigenvalue weighted by molar-refractivity contribution is 7.92. The lowest BCUT2D eigenvalue weighted by atomic mass is 10.1. The Bertz CT molecular complexity index is 1680. The van der Waals surface area contributed by atoms with Crippen LogP contribution >= 0.6 is 23.2 Å². The Balaban J connectivity index is 1.52. The van der Waals surface area contributed by atoms with E-state index in [1.807, 2.05) is 27.6 Å². The average Bonchev–Trinajstić information content (AvgIpc) is 3.46. The molecule has 1 saturated heterocycles. The van der Waals surface area contributed by atoms with E-state index in [4.69, 9.17) is 28.2 Å². The highest BCUT2D eigenvalue weighted by Crippen LogP contribution is 2.32. The molecule has 206 valence electrons. The van der Waals surface area contributed by atoms with Gasteiger partial charge in [0.1, 0.15) is 12.4 Å². The van der Waals surface area contributed by atoms with E-state index in [9.17, 15) is 13.2 Å². The molecule has 3 aromatic carbocycles. The van der Waals surface area contributed by atoms with E-state index >= 15 is 0 Å². The number of halogens is 2. The summed E-state index contributed by atoms with van der Waals surface area (Å²) < 4.78 is 29.9. The van der Waals surface area contributed by atoms with Gasteiger partial charge in [0.25, 0.3) is 5.91 Å². The SMILES string of the molecule is CCCCC=Cc1ccc(Cc2nc(-c3ccc(Cl)cc3Cl)cn2-c2cccc(N3CC(=O)NS3(=O)=O)c2)cc1. The summed E-state index contributed by atoms with van der Waals surface area (Å²) in [6.07, 6.45) is 10.1. The van der Waals surface area contributed by atoms with Crippen molar-refractivity contribution in [2.75, 3.05) is 10.8 Å². The number of imidazole rings is 1. The molecule has 0 aliphatic carbocycles. The highest BCUT2D eigenvalue weighted by atomic mass is 35.5. The van der Waals surface area contributed by atoms with Crippen molar-refractivity contribution < 1.29 is 13.2 Å². The van der Waals surface area contributed by atoms with Gasteiger partial charge in [-0.1, -0.05) is 85.5 Å². The zero-order valence-corrected chi connectivity index (χ0v) is 24.2. The first-order valence-corrected chi connectivity index (χ1v) is 15.2. The zero-order chi connectivity index (χ0) is 28.3. The molecule has 1 aliphatic rings.